The van der Waals surface area contributed by atoms with Gasteiger partial charge in [0.1, 0.15) is 0 Å². The first kappa shape index (κ1) is 28.7. The topological polar surface area (TPSA) is 32.3 Å². The van der Waals surface area contributed by atoms with Crippen LogP contribution >= 0.6 is 11.6 Å². The lowest BCUT2D eigenvalue weighted by Gasteiger charge is -2.19. The van der Waals surface area contributed by atoms with Crippen molar-refractivity contribution >= 4 is 29.3 Å². The first-order valence-electron chi connectivity index (χ1n) is 13.6. The van der Waals surface area contributed by atoms with E-state index in [1.54, 1.807) is 0 Å². The number of alkyl halides is 1. The molecule has 0 bridgehead atoms. The van der Waals surface area contributed by atoms with Crippen LogP contribution in [0.5, 0.6) is 0 Å². The molecule has 3 nitrogen and oxygen atoms in total. The monoisotopic (exact) mass is 516 g/mol. The van der Waals surface area contributed by atoms with Crippen molar-refractivity contribution < 1.29 is 4.79 Å². The summed E-state index contributed by atoms with van der Waals surface area (Å²) >= 11 is 5.82. The van der Waals surface area contributed by atoms with Gasteiger partial charge >= 0.3 is 0 Å². The smallest absolute Gasteiger partial charge is 0.251 e. The van der Waals surface area contributed by atoms with Crippen LogP contribution in [0, 0.1) is 0 Å². The molecular formula is C33H41ClN2O. The third-order valence-corrected chi connectivity index (χ3v) is 6.83. The third-order valence-electron chi connectivity index (χ3n) is 6.52. The second-order valence-electron chi connectivity index (χ2n) is 9.58. The number of carbonyl (C=O) groups is 1. The van der Waals surface area contributed by atoms with Crippen molar-refractivity contribution in [3.8, 4) is 11.1 Å². The highest BCUT2D eigenvalue weighted by Gasteiger charge is 2.17. The summed E-state index contributed by atoms with van der Waals surface area (Å²) < 4.78 is 0. The van der Waals surface area contributed by atoms with E-state index in [0.29, 0.717) is 5.88 Å². The number of halogens is 1. The van der Waals surface area contributed by atoms with Crippen LogP contribution in [0.25, 0.3) is 17.2 Å². The molecule has 0 unspecified atom stereocenters. The van der Waals surface area contributed by atoms with Crippen molar-refractivity contribution in [2.45, 2.75) is 58.8 Å². The van der Waals surface area contributed by atoms with Crippen LogP contribution in [-0.4, -0.2) is 30.4 Å². The van der Waals surface area contributed by atoms with E-state index in [4.69, 9.17) is 11.6 Å². The van der Waals surface area contributed by atoms with E-state index in [1.165, 1.54) is 55.6 Å². The largest absolute Gasteiger partial charge is 0.322 e. The molecule has 0 atom stereocenters. The first-order valence-corrected chi connectivity index (χ1v) is 14.2. The minimum absolute atomic E-state index is 0.0376. The van der Waals surface area contributed by atoms with Gasteiger partial charge in [0.25, 0.3) is 5.91 Å². The van der Waals surface area contributed by atoms with Crippen LogP contribution in [0.15, 0.2) is 78.4 Å². The van der Waals surface area contributed by atoms with Gasteiger partial charge in [-0.15, -0.1) is 11.6 Å². The van der Waals surface area contributed by atoms with E-state index in [0.717, 1.165) is 35.2 Å². The summed E-state index contributed by atoms with van der Waals surface area (Å²) in [6, 6.07) is 24.5. The van der Waals surface area contributed by atoms with Gasteiger partial charge in [0, 0.05) is 17.1 Å². The van der Waals surface area contributed by atoms with Crippen LogP contribution in [-0.2, 0) is 17.1 Å². The molecule has 1 amide bonds. The Morgan fingerprint density at radius 1 is 0.811 bits per heavy atom. The quantitative estimate of drug-likeness (QED) is 0.273. The van der Waals surface area contributed by atoms with E-state index in [2.05, 4.69) is 61.3 Å². The van der Waals surface area contributed by atoms with Crippen molar-refractivity contribution in [3.05, 3.63) is 95.1 Å². The van der Waals surface area contributed by atoms with Crippen LogP contribution in [0.1, 0.15) is 63.1 Å². The predicted octanol–water partition coefficient (Wildman–Crippen LogP) is 8.58. The maximum Gasteiger partial charge on any atom is 0.251 e. The van der Waals surface area contributed by atoms with E-state index in [9.17, 15) is 4.79 Å². The number of anilines is 1. The molecule has 0 fully saturated rings. The fourth-order valence-corrected chi connectivity index (χ4v) is 4.83. The molecule has 1 aliphatic carbocycles. The maximum atomic E-state index is 12.7. The molecule has 0 heterocycles. The fraction of sp³-hybridized carbons (Fsp3) is 0.364. The SMILES string of the molecule is CCCN(CCC)CCC.O=C(Nc1ccc(CCl)cc1)C1=Cc2cc(-c3ccccc3)ccc2CC1. The van der Waals surface area contributed by atoms with E-state index < -0.39 is 0 Å². The Morgan fingerprint density at radius 3 is 2.05 bits per heavy atom. The van der Waals surface area contributed by atoms with Gasteiger partial charge in [0.15, 0.2) is 0 Å². The molecule has 4 rings (SSSR count). The molecule has 0 spiro atoms. The number of hydrogen-bond acceptors (Lipinski definition) is 2. The number of carbonyl (C=O) groups excluding carboxylic acids is 1. The lowest BCUT2D eigenvalue weighted by molar-refractivity contribution is -0.112. The van der Waals surface area contributed by atoms with Gasteiger partial charge in [-0.3, -0.25) is 4.79 Å². The Balaban J connectivity index is 0.000000325. The summed E-state index contributed by atoms with van der Waals surface area (Å²) in [5, 5.41) is 2.99. The summed E-state index contributed by atoms with van der Waals surface area (Å²) in [6.07, 6.45) is 7.53. The Kier molecular flexibility index (Phi) is 11.9. The van der Waals surface area contributed by atoms with E-state index >= 15 is 0 Å². The lowest BCUT2D eigenvalue weighted by Crippen LogP contribution is -2.25. The van der Waals surface area contributed by atoms with Crippen molar-refractivity contribution in [1.29, 1.82) is 0 Å². The number of benzene rings is 3. The van der Waals surface area contributed by atoms with Crippen LogP contribution in [0.3, 0.4) is 0 Å². The number of amides is 1. The molecule has 0 aromatic heterocycles. The van der Waals surface area contributed by atoms with Gasteiger partial charge in [0.05, 0.1) is 0 Å². The van der Waals surface area contributed by atoms with Crippen molar-refractivity contribution in [1.82, 2.24) is 4.90 Å². The van der Waals surface area contributed by atoms with Crippen molar-refractivity contribution in [3.63, 3.8) is 0 Å². The zero-order valence-corrected chi connectivity index (χ0v) is 23.4. The zero-order chi connectivity index (χ0) is 26.5. The van der Waals surface area contributed by atoms with Gasteiger partial charge < -0.3 is 10.2 Å². The Bertz CT molecular complexity index is 1120. The average Bonchev–Trinajstić information content (AvgIpc) is 2.94. The van der Waals surface area contributed by atoms with Gasteiger partial charge in [-0.2, -0.15) is 0 Å². The van der Waals surface area contributed by atoms with Gasteiger partial charge in [-0.1, -0.05) is 75.4 Å². The first-order chi connectivity index (χ1) is 18.1. The minimum Gasteiger partial charge on any atom is -0.322 e. The number of hydrogen-bond donors (Lipinski definition) is 1. The zero-order valence-electron chi connectivity index (χ0n) is 22.6. The molecule has 1 aliphatic rings. The van der Waals surface area contributed by atoms with E-state index in [1.807, 2.05) is 48.5 Å². The molecule has 37 heavy (non-hydrogen) atoms. The molecule has 0 radical (unpaired) electrons. The number of nitrogens with one attached hydrogen (secondary N) is 1. The molecule has 3 aromatic carbocycles. The molecule has 0 saturated heterocycles. The minimum atomic E-state index is -0.0376. The number of fused-ring (bicyclic) bond motifs is 1. The summed E-state index contributed by atoms with van der Waals surface area (Å²) in [4.78, 5) is 15.2. The van der Waals surface area contributed by atoms with E-state index in [-0.39, 0.29) is 5.91 Å². The molecule has 3 aromatic rings. The second-order valence-corrected chi connectivity index (χ2v) is 9.84. The summed E-state index contributed by atoms with van der Waals surface area (Å²) in [7, 11) is 0. The maximum absolute atomic E-state index is 12.7. The van der Waals surface area contributed by atoms with Crippen molar-refractivity contribution in [2.75, 3.05) is 25.0 Å². The summed E-state index contributed by atoms with van der Waals surface area (Å²) in [6.45, 7) is 10.6. The third kappa shape index (κ3) is 8.87. The highest BCUT2D eigenvalue weighted by atomic mass is 35.5. The summed E-state index contributed by atoms with van der Waals surface area (Å²) in [5.41, 5.74) is 7.41. The van der Waals surface area contributed by atoms with Crippen LogP contribution in [0.4, 0.5) is 5.69 Å². The standard InChI is InChI=1S/C24H20ClNO.C9H21N/c25-16-17-6-12-23(13-7-17)26-24(27)21-11-9-19-8-10-20(14-22(19)15-21)18-4-2-1-3-5-18;1-4-7-10(8-5-2)9-6-3/h1-8,10,12-15H,9,11,16H2,(H,26,27);4-9H2,1-3H3. The molecule has 0 saturated carbocycles. The second kappa shape index (κ2) is 15.4. The summed E-state index contributed by atoms with van der Waals surface area (Å²) in [5.74, 6) is 0.435. The molecule has 1 N–H and O–H groups in total. The van der Waals surface area contributed by atoms with Gasteiger partial charge in [-0.05, 0) is 104 Å². The van der Waals surface area contributed by atoms with Gasteiger partial charge in [0.2, 0.25) is 0 Å². The van der Waals surface area contributed by atoms with Crippen LogP contribution in [0.2, 0.25) is 0 Å². The molecular weight excluding hydrogens is 476 g/mol. The molecule has 4 heteroatoms. The average molecular weight is 517 g/mol. The van der Waals surface area contributed by atoms with Crippen molar-refractivity contribution in [2.24, 2.45) is 0 Å². The fourth-order valence-electron chi connectivity index (χ4n) is 4.65. The molecule has 0 aliphatic heterocycles. The van der Waals surface area contributed by atoms with Gasteiger partial charge in [-0.25, -0.2) is 0 Å². The highest BCUT2D eigenvalue weighted by molar-refractivity contribution is 6.17. The highest BCUT2D eigenvalue weighted by Crippen LogP contribution is 2.29. The van der Waals surface area contributed by atoms with Crippen LogP contribution < -0.4 is 5.32 Å². The Hall–Kier alpha value is -2.88. The normalized spacial score (nSPS) is 12.3. The molecule has 196 valence electrons. The number of rotatable bonds is 10. The number of nitrogens with zero attached hydrogens (tertiary/aromatic N) is 1. The number of aryl methyl sites for hydroxylation is 1. The Labute approximate surface area is 228 Å². The Morgan fingerprint density at radius 2 is 1.46 bits per heavy atom. The predicted molar refractivity (Wildman–Crippen MR) is 160 cm³/mol. The lowest BCUT2D eigenvalue weighted by atomic mass is 9.89.